The number of nitrogens with zero attached hydrogens (tertiary/aromatic N) is 3. The minimum Gasteiger partial charge on any atom is -0.459 e. The van der Waals surface area contributed by atoms with Gasteiger partial charge in [-0.25, -0.2) is 4.79 Å². The SMILES string of the molecule is C=CCOC12Oc3ccc(Oc4cccc([N+](=O)[O-])c4)cc3C3C(CCCCO)C(CCCCO)C=C(C(=NOC4CCCCO4)CC1N(Cc1cccc4ccccc14)C(=O)OCCOCc1ccccc1)C32. The van der Waals surface area contributed by atoms with Gasteiger partial charge in [0.05, 0.1) is 55.6 Å². The first-order valence-electron chi connectivity index (χ1n) is 26.1. The summed E-state index contributed by atoms with van der Waals surface area (Å²) >= 11 is 0. The predicted molar refractivity (Wildman–Crippen MR) is 280 cm³/mol. The van der Waals surface area contributed by atoms with Crippen molar-refractivity contribution >= 4 is 28.3 Å². The molecule has 0 aromatic heterocycles. The molecule has 0 radical (unpaired) electrons. The molecule has 0 bridgehead atoms. The van der Waals surface area contributed by atoms with Crippen LogP contribution in [0.25, 0.3) is 10.8 Å². The van der Waals surface area contributed by atoms with Crippen molar-refractivity contribution in [1.29, 1.82) is 0 Å². The van der Waals surface area contributed by atoms with E-state index in [4.69, 9.17) is 38.4 Å². The van der Waals surface area contributed by atoms with Crippen LogP contribution in [0.5, 0.6) is 17.2 Å². The number of carbonyl (C=O) groups is 1. The van der Waals surface area contributed by atoms with Crippen molar-refractivity contribution in [1.82, 2.24) is 4.90 Å². The monoisotopic (exact) mass is 1010 g/mol. The molecular weight excluding hydrogens is 943 g/mol. The number of rotatable bonds is 24. The van der Waals surface area contributed by atoms with Crippen LogP contribution in [0.2, 0.25) is 0 Å². The second-order valence-corrected chi connectivity index (χ2v) is 19.4. The van der Waals surface area contributed by atoms with E-state index >= 15 is 4.79 Å². The second kappa shape index (κ2) is 25.1. The lowest BCUT2D eigenvalue weighted by Gasteiger charge is -2.60. The molecule has 15 heteroatoms. The van der Waals surface area contributed by atoms with Crippen LogP contribution in [0, 0.1) is 27.9 Å². The van der Waals surface area contributed by atoms with Gasteiger partial charge in [-0.2, -0.15) is 0 Å². The molecule has 9 rings (SSSR count). The number of benzene rings is 5. The van der Waals surface area contributed by atoms with Gasteiger partial charge in [0.15, 0.2) is 0 Å². The Morgan fingerprint density at radius 3 is 2.47 bits per heavy atom. The summed E-state index contributed by atoms with van der Waals surface area (Å²) in [5.41, 5.74) is 4.10. The maximum Gasteiger partial charge on any atom is 0.410 e. The fourth-order valence-corrected chi connectivity index (χ4v) is 11.4. The minimum atomic E-state index is -1.58. The van der Waals surface area contributed by atoms with E-state index < -0.39 is 35.1 Å². The number of unbranched alkanes of at least 4 members (excludes halogenated alkanes) is 2. The van der Waals surface area contributed by atoms with Gasteiger partial charge in [-0.15, -0.1) is 6.58 Å². The highest BCUT2D eigenvalue weighted by Crippen LogP contribution is 2.62. The summed E-state index contributed by atoms with van der Waals surface area (Å²) in [6.45, 7) is 5.40. The lowest BCUT2D eigenvalue weighted by molar-refractivity contribution is -0.384. The molecule has 7 atom stereocenters. The molecule has 7 unspecified atom stereocenters. The number of non-ortho nitro benzene ring substituents is 1. The quantitative estimate of drug-likeness (QED) is 0.0259. The number of aliphatic hydroxyl groups is 2. The summed E-state index contributed by atoms with van der Waals surface area (Å²) in [6, 6.07) is 34.7. The second-order valence-electron chi connectivity index (χ2n) is 19.4. The highest BCUT2D eigenvalue weighted by molar-refractivity contribution is 6.03. The van der Waals surface area contributed by atoms with Gasteiger partial charge in [-0.3, -0.25) is 15.0 Å². The Labute approximate surface area is 432 Å². The first-order chi connectivity index (χ1) is 36.3. The van der Waals surface area contributed by atoms with Gasteiger partial charge in [0, 0.05) is 43.6 Å². The molecule has 2 heterocycles. The van der Waals surface area contributed by atoms with Crippen molar-refractivity contribution in [3.05, 3.63) is 166 Å². The molecule has 0 spiro atoms. The Hall–Kier alpha value is -6.62. The Morgan fingerprint density at radius 2 is 1.68 bits per heavy atom. The van der Waals surface area contributed by atoms with E-state index in [0.717, 1.165) is 71.6 Å². The molecule has 74 heavy (non-hydrogen) atoms. The Balaban J connectivity index is 1.21. The molecule has 390 valence electrons. The number of hydrogen-bond donors (Lipinski definition) is 2. The smallest absolute Gasteiger partial charge is 0.410 e. The Morgan fingerprint density at radius 1 is 0.892 bits per heavy atom. The fourth-order valence-electron chi connectivity index (χ4n) is 11.4. The van der Waals surface area contributed by atoms with E-state index in [0.29, 0.717) is 55.4 Å². The van der Waals surface area contributed by atoms with Crippen LogP contribution < -0.4 is 9.47 Å². The number of amides is 1. The highest BCUT2D eigenvalue weighted by atomic mass is 16.8. The minimum absolute atomic E-state index is 0.0231. The Kier molecular flexibility index (Phi) is 17.7. The van der Waals surface area contributed by atoms with Crippen LogP contribution in [-0.4, -0.2) is 89.6 Å². The van der Waals surface area contributed by atoms with Crippen molar-refractivity contribution in [2.45, 2.75) is 101 Å². The zero-order valence-corrected chi connectivity index (χ0v) is 41.8. The summed E-state index contributed by atoms with van der Waals surface area (Å²) in [6.07, 6.45) is 9.67. The Bertz CT molecular complexity index is 2760. The standard InChI is InChI=1S/C59H67N3O12/c1-2-31-71-59-54(61(39-44-21-14-20-42-18-6-7-24-48(42)44)58(65)70-34-33-68-40-41-16-4-3-5-17-41)38-52(60-74-55-26-10-13-32-69-55)50-35-43(19-8-11-29-63)49(25-9-12-30-64)56(57(50)59)51-37-47(27-28-53(51)73-59)72-46-23-15-22-45(36-46)62(66)67/h2-7,14-18,20-24,27-28,35-37,43,49,54-57,63-64H,1,8-13,19,25-26,29-34,38-40H2. The number of nitro benzene ring substituents is 1. The molecule has 2 aliphatic heterocycles. The van der Waals surface area contributed by atoms with Gasteiger partial charge >= 0.3 is 6.09 Å². The average Bonchev–Trinajstić information content (AvgIpc) is 3.46. The molecule has 5 aromatic carbocycles. The molecule has 1 amide bonds. The molecule has 4 aliphatic rings. The van der Waals surface area contributed by atoms with E-state index in [1.807, 2.05) is 84.9 Å². The van der Waals surface area contributed by atoms with Gasteiger partial charge in [0.25, 0.3) is 5.69 Å². The third kappa shape index (κ3) is 12.0. The normalized spacial score (nSPS) is 23.4. The predicted octanol–water partition coefficient (Wildman–Crippen LogP) is 11.6. The maximum absolute atomic E-state index is 15.3. The zero-order chi connectivity index (χ0) is 51.3. The first kappa shape index (κ1) is 52.3. The van der Waals surface area contributed by atoms with Crippen LogP contribution in [0.15, 0.2) is 145 Å². The molecule has 2 fully saturated rings. The molecule has 15 nitrogen and oxygen atoms in total. The number of aliphatic hydroxyl groups excluding tert-OH is 2. The molecule has 5 aromatic rings. The third-order valence-corrected chi connectivity index (χ3v) is 14.7. The van der Waals surface area contributed by atoms with E-state index in [-0.39, 0.29) is 69.4 Å². The lowest BCUT2D eigenvalue weighted by atomic mass is 9.55. The average molecular weight is 1010 g/mol. The van der Waals surface area contributed by atoms with E-state index in [1.54, 1.807) is 29.2 Å². The van der Waals surface area contributed by atoms with Crippen LogP contribution >= 0.6 is 0 Å². The van der Waals surface area contributed by atoms with Gasteiger partial charge in [-0.05, 0) is 102 Å². The topological polar surface area (TPSA) is 181 Å². The molecule has 1 saturated carbocycles. The van der Waals surface area contributed by atoms with Crippen molar-refractivity contribution in [2.75, 3.05) is 39.6 Å². The number of ether oxygens (including phenoxy) is 6. The summed E-state index contributed by atoms with van der Waals surface area (Å²) in [5, 5.41) is 39.0. The van der Waals surface area contributed by atoms with Gasteiger partial charge in [0.1, 0.15) is 29.9 Å². The summed E-state index contributed by atoms with van der Waals surface area (Å²) in [4.78, 5) is 34.8. The van der Waals surface area contributed by atoms with Crippen molar-refractivity contribution in [3.63, 3.8) is 0 Å². The molecule has 1 saturated heterocycles. The van der Waals surface area contributed by atoms with Crippen LogP contribution in [0.4, 0.5) is 10.5 Å². The van der Waals surface area contributed by atoms with Crippen LogP contribution in [0.3, 0.4) is 0 Å². The highest BCUT2D eigenvalue weighted by Gasteiger charge is 2.66. The van der Waals surface area contributed by atoms with E-state index in [9.17, 15) is 20.3 Å². The van der Waals surface area contributed by atoms with Gasteiger partial charge in [-0.1, -0.05) is 109 Å². The number of fused-ring (bicyclic) bond motifs is 3. The third-order valence-electron chi connectivity index (χ3n) is 14.7. The van der Waals surface area contributed by atoms with Gasteiger partial charge in [0.2, 0.25) is 12.1 Å². The number of carbonyl (C=O) groups excluding carboxylic acids is 1. The largest absolute Gasteiger partial charge is 0.459 e. The van der Waals surface area contributed by atoms with Crippen LogP contribution in [0.1, 0.15) is 86.8 Å². The molecule has 2 N–H and O–H groups in total. The number of hydrogen-bond acceptors (Lipinski definition) is 13. The summed E-state index contributed by atoms with van der Waals surface area (Å²) < 4.78 is 39.5. The van der Waals surface area contributed by atoms with Crippen molar-refractivity contribution in [2.24, 2.45) is 22.9 Å². The van der Waals surface area contributed by atoms with E-state index in [1.165, 1.54) is 12.1 Å². The zero-order valence-electron chi connectivity index (χ0n) is 41.8. The summed E-state index contributed by atoms with van der Waals surface area (Å²) in [7, 11) is 0. The first-order valence-corrected chi connectivity index (χ1v) is 26.1. The summed E-state index contributed by atoms with van der Waals surface area (Å²) in [5.74, 6) is -1.40. The maximum atomic E-state index is 15.3. The van der Waals surface area contributed by atoms with E-state index in [2.05, 4.69) is 12.7 Å². The van der Waals surface area contributed by atoms with Crippen molar-refractivity contribution < 1.29 is 53.2 Å². The number of allylic oxidation sites excluding steroid dienone is 1. The molecule has 2 aliphatic carbocycles. The van der Waals surface area contributed by atoms with Crippen LogP contribution in [-0.2, 0) is 36.9 Å². The van der Waals surface area contributed by atoms with Crippen molar-refractivity contribution in [3.8, 4) is 17.2 Å². The van der Waals surface area contributed by atoms with Gasteiger partial charge < -0.3 is 43.5 Å². The lowest BCUT2D eigenvalue weighted by Crippen LogP contribution is -2.70. The molecular formula is C59H67N3O12. The fraction of sp³-hybridized carbons (Fsp3) is 0.424. The number of nitro groups is 1. The number of oxime groups is 1.